The van der Waals surface area contributed by atoms with Crippen LogP contribution in [-0.2, 0) is 0 Å². The molecule has 1 heterocycles. The van der Waals surface area contributed by atoms with E-state index in [-0.39, 0.29) is 5.82 Å². The zero-order chi connectivity index (χ0) is 13.1. The third-order valence-electron chi connectivity index (χ3n) is 3.57. The molecule has 1 aliphatic rings. The molecular weight excluding hydrogens is 342 g/mol. The van der Waals surface area contributed by atoms with E-state index >= 15 is 0 Å². The molecule has 0 atom stereocenters. The second-order valence-corrected chi connectivity index (χ2v) is 6.23. The van der Waals surface area contributed by atoms with E-state index in [0.717, 1.165) is 31.6 Å². The third kappa shape index (κ3) is 3.35. The van der Waals surface area contributed by atoms with Gasteiger partial charge in [-0.25, -0.2) is 4.39 Å². The van der Waals surface area contributed by atoms with Gasteiger partial charge in [-0.2, -0.15) is 0 Å². The van der Waals surface area contributed by atoms with Gasteiger partial charge in [0.15, 0.2) is 0 Å². The van der Waals surface area contributed by atoms with Gasteiger partial charge < -0.3 is 10.2 Å². The highest BCUT2D eigenvalue weighted by Gasteiger charge is 2.21. The third-order valence-corrected chi connectivity index (χ3v) is 4.67. The van der Waals surface area contributed by atoms with Gasteiger partial charge in [0.1, 0.15) is 5.82 Å². The standard InChI is InChI=1S/C14H20FIN2/c1-10(2)18-8-6-11(7-9-18)17-13-5-3-4-12(15)14(13)16/h3-5,10-11,17H,6-9H2,1-2H3. The highest BCUT2D eigenvalue weighted by molar-refractivity contribution is 14.1. The Morgan fingerprint density at radius 2 is 2.00 bits per heavy atom. The largest absolute Gasteiger partial charge is 0.381 e. The first-order chi connectivity index (χ1) is 8.58. The van der Waals surface area contributed by atoms with Crippen molar-refractivity contribution in [3.63, 3.8) is 0 Å². The second kappa shape index (κ2) is 6.19. The molecule has 1 aromatic rings. The number of likely N-dealkylation sites (tertiary alicyclic amines) is 1. The molecule has 0 radical (unpaired) electrons. The molecular formula is C14H20FIN2. The lowest BCUT2D eigenvalue weighted by molar-refractivity contribution is 0.177. The predicted octanol–water partition coefficient (Wildman–Crippen LogP) is 3.72. The maximum absolute atomic E-state index is 13.4. The Balaban J connectivity index is 1.94. The lowest BCUT2D eigenvalue weighted by atomic mass is 10.0. The molecule has 0 bridgehead atoms. The maximum Gasteiger partial charge on any atom is 0.138 e. The summed E-state index contributed by atoms with van der Waals surface area (Å²) in [6.45, 7) is 6.73. The van der Waals surface area contributed by atoms with Crippen LogP contribution >= 0.6 is 22.6 Å². The highest BCUT2D eigenvalue weighted by Crippen LogP contribution is 2.24. The van der Waals surface area contributed by atoms with Crippen molar-refractivity contribution in [2.75, 3.05) is 18.4 Å². The van der Waals surface area contributed by atoms with Crippen molar-refractivity contribution in [2.24, 2.45) is 0 Å². The number of benzene rings is 1. The Labute approximate surface area is 122 Å². The van der Waals surface area contributed by atoms with Crippen molar-refractivity contribution < 1.29 is 4.39 Å². The van der Waals surface area contributed by atoms with Crippen LogP contribution in [-0.4, -0.2) is 30.1 Å². The second-order valence-electron chi connectivity index (χ2n) is 5.15. The Morgan fingerprint density at radius 3 is 2.61 bits per heavy atom. The van der Waals surface area contributed by atoms with Crippen molar-refractivity contribution >= 4 is 28.3 Å². The van der Waals surface area contributed by atoms with Gasteiger partial charge in [-0.05, 0) is 61.4 Å². The van der Waals surface area contributed by atoms with Crippen LogP contribution in [0.1, 0.15) is 26.7 Å². The number of rotatable bonds is 3. The fraction of sp³-hybridized carbons (Fsp3) is 0.571. The summed E-state index contributed by atoms with van der Waals surface area (Å²) in [5.74, 6) is -0.139. The van der Waals surface area contributed by atoms with Gasteiger partial charge in [-0.3, -0.25) is 0 Å². The number of piperidine rings is 1. The number of anilines is 1. The lowest BCUT2D eigenvalue weighted by Crippen LogP contribution is -2.42. The normalized spacial score (nSPS) is 18.3. The Hall–Kier alpha value is -0.360. The summed E-state index contributed by atoms with van der Waals surface area (Å²) in [5, 5.41) is 3.48. The molecule has 1 fully saturated rings. The summed E-state index contributed by atoms with van der Waals surface area (Å²) >= 11 is 2.07. The van der Waals surface area contributed by atoms with Gasteiger partial charge in [0, 0.05) is 25.2 Å². The topological polar surface area (TPSA) is 15.3 Å². The molecule has 2 rings (SSSR count). The van der Waals surface area contributed by atoms with Crippen LogP contribution in [0, 0.1) is 9.39 Å². The van der Waals surface area contributed by atoms with E-state index in [1.807, 2.05) is 6.07 Å². The van der Waals surface area contributed by atoms with Gasteiger partial charge in [0.25, 0.3) is 0 Å². The van der Waals surface area contributed by atoms with Crippen molar-refractivity contribution in [1.29, 1.82) is 0 Å². The van der Waals surface area contributed by atoms with E-state index in [9.17, 15) is 4.39 Å². The highest BCUT2D eigenvalue weighted by atomic mass is 127. The Bertz CT molecular complexity index is 401. The fourth-order valence-corrected chi connectivity index (χ4v) is 2.91. The smallest absolute Gasteiger partial charge is 0.138 e. The summed E-state index contributed by atoms with van der Waals surface area (Å²) in [6, 6.07) is 6.33. The van der Waals surface area contributed by atoms with Crippen LogP contribution in [0.4, 0.5) is 10.1 Å². The minimum atomic E-state index is -0.139. The van der Waals surface area contributed by atoms with Crippen LogP contribution in [0.3, 0.4) is 0 Å². The fourth-order valence-electron chi connectivity index (χ4n) is 2.40. The van der Waals surface area contributed by atoms with Crippen LogP contribution in [0.2, 0.25) is 0 Å². The first-order valence-electron chi connectivity index (χ1n) is 6.52. The molecule has 2 nitrogen and oxygen atoms in total. The zero-order valence-electron chi connectivity index (χ0n) is 10.9. The maximum atomic E-state index is 13.4. The summed E-state index contributed by atoms with van der Waals surface area (Å²) in [6.07, 6.45) is 2.26. The number of hydrogen-bond donors (Lipinski definition) is 1. The monoisotopic (exact) mass is 362 g/mol. The van der Waals surface area contributed by atoms with Gasteiger partial charge in [0.2, 0.25) is 0 Å². The molecule has 0 saturated carbocycles. The number of halogens is 2. The minimum absolute atomic E-state index is 0.139. The average Bonchev–Trinajstić information content (AvgIpc) is 2.36. The molecule has 0 amide bonds. The van der Waals surface area contributed by atoms with E-state index in [0.29, 0.717) is 15.7 Å². The number of nitrogens with zero attached hydrogens (tertiary/aromatic N) is 1. The molecule has 100 valence electrons. The quantitative estimate of drug-likeness (QED) is 0.825. The Morgan fingerprint density at radius 1 is 1.33 bits per heavy atom. The van der Waals surface area contributed by atoms with Gasteiger partial charge in [-0.15, -0.1) is 0 Å². The zero-order valence-corrected chi connectivity index (χ0v) is 13.1. The molecule has 0 unspecified atom stereocenters. The molecule has 1 aliphatic heterocycles. The van der Waals surface area contributed by atoms with E-state index in [1.165, 1.54) is 6.07 Å². The van der Waals surface area contributed by atoms with Crippen LogP contribution in [0.25, 0.3) is 0 Å². The van der Waals surface area contributed by atoms with E-state index < -0.39 is 0 Å². The summed E-state index contributed by atoms with van der Waals surface area (Å²) < 4.78 is 14.1. The lowest BCUT2D eigenvalue weighted by Gasteiger charge is -2.35. The van der Waals surface area contributed by atoms with Crippen LogP contribution in [0.5, 0.6) is 0 Å². The SMILES string of the molecule is CC(C)N1CCC(Nc2cccc(F)c2I)CC1. The molecule has 0 aromatic heterocycles. The average molecular weight is 362 g/mol. The van der Waals surface area contributed by atoms with E-state index in [4.69, 9.17) is 0 Å². The van der Waals surface area contributed by atoms with Crippen molar-refractivity contribution in [3.8, 4) is 0 Å². The van der Waals surface area contributed by atoms with Crippen LogP contribution < -0.4 is 5.32 Å². The van der Waals surface area contributed by atoms with Crippen LogP contribution in [0.15, 0.2) is 18.2 Å². The van der Waals surface area contributed by atoms with Crippen molar-refractivity contribution in [1.82, 2.24) is 4.90 Å². The molecule has 1 N–H and O–H groups in total. The van der Waals surface area contributed by atoms with Crippen molar-refractivity contribution in [2.45, 2.75) is 38.8 Å². The summed E-state index contributed by atoms with van der Waals surface area (Å²) in [4.78, 5) is 2.49. The van der Waals surface area contributed by atoms with Gasteiger partial charge in [-0.1, -0.05) is 6.07 Å². The first kappa shape index (κ1) is 14.1. The predicted molar refractivity (Wildman–Crippen MR) is 82.5 cm³/mol. The molecule has 18 heavy (non-hydrogen) atoms. The van der Waals surface area contributed by atoms with Crippen molar-refractivity contribution in [3.05, 3.63) is 27.6 Å². The summed E-state index contributed by atoms with van der Waals surface area (Å²) in [7, 11) is 0. The summed E-state index contributed by atoms with van der Waals surface area (Å²) in [5.41, 5.74) is 0.929. The number of nitrogens with one attached hydrogen (secondary N) is 1. The molecule has 0 spiro atoms. The van der Waals surface area contributed by atoms with Gasteiger partial charge in [0.05, 0.1) is 9.26 Å². The van der Waals surface area contributed by atoms with Gasteiger partial charge >= 0.3 is 0 Å². The molecule has 1 saturated heterocycles. The Kier molecular flexibility index (Phi) is 4.84. The minimum Gasteiger partial charge on any atom is -0.381 e. The van der Waals surface area contributed by atoms with E-state index in [2.05, 4.69) is 46.7 Å². The molecule has 4 heteroatoms. The molecule has 1 aromatic carbocycles. The number of hydrogen-bond acceptors (Lipinski definition) is 2. The van der Waals surface area contributed by atoms with E-state index in [1.54, 1.807) is 6.07 Å². The first-order valence-corrected chi connectivity index (χ1v) is 7.60. The molecule has 0 aliphatic carbocycles.